The lowest BCUT2D eigenvalue weighted by molar-refractivity contribution is 0.414. The Morgan fingerprint density at radius 2 is 1.78 bits per heavy atom. The van der Waals surface area contributed by atoms with E-state index in [1.165, 1.54) is 27.6 Å². The van der Waals surface area contributed by atoms with Crippen molar-refractivity contribution in [3.05, 3.63) is 65.4 Å². The molecule has 3 rings (SSSR count). The summed E-state index contributed by atoms with van der Waals surface area (Å²) in [5, 5.41) is 8.07. The third-order valence-corrected chi connectivity index (χ3v) is 4.79. The smallest absolute Gasteiger partial charge is 0.190 e. The van der Waals surface area contributed by atoms with Gasteiger partial charge in [-0.3, -0.25) is 4.99 Å². The molecule has 1 heterocycles. The van der Waals surface area contributed by atoms with E-state index in [2.05, 4.69) is 64.1 Å². The number of ether oxygens (including phenoxy) is 1. The average Bonchev–Trinajstić information content (AvgIpc) is 3.12. The van der Waals surface area contributed by atoms with Crippen molar-refractivity contribution in [2.75, 3.05) is 27.2 Å². The number of aryl methyl sites for hydroxylation is 1. The van der Waals surface area contributed by atoms with E-state index >= 15 is 0 Å². The number of nitrogens with one attached hydrogen (secondary N) is 3. The second-order valence-electron chi connectivity index (χ2n) is 6.59. The highest BCUT2D eigenvalue weighted by Gasteiger charge is 2.05. The summed E-state index contributed by atoms with van der Waals surface area (Å²) in [6.45, 7) is 3.80. The van der Waals surface area contributed by atoms with Gasteiger partial charge in [-0.15, -0.1) is 0 Å². The van der Waals surface area contributed by atoms with E-state index in [-0.39, 0.29) is 0 Å². The van der Waals surface area contributed by atoms with Gasteiger partial charge in [-0.25, -0.2) is 0 Å². The van der Waals surface area contributed by atoms with Crippen LogP contribution in [0.4, 0.5) is 0 Å². The van der Waals surface area contributed by atoms with Gasteiger partial charge in [-0.1, -0.05) is 30.3 Å². The number of rotatable bonds is 7. The summed E-state index contributed by atoms with van der Waals surface area (Å²) >= 11 is 0. The average molecular weight is 364 g/mol. The van der Waals surface area contributed by atoms with Crippen LogP contribution in [0.3, 0.4) is 0 Å². The predicted molar refractivity (Wildman–Crippen MR) is 113 cm³/mol. The Bertz CT molecular complexity index is 896. The Morgan fingerprint density at radius 1 is 1.04 bits per heavy atom. The number of guanidine groups is 1. The first-order valence-electron chi connectivity index (χ1n) is 9.34. The first kappa shape index (κ1) is 18.8. The van der Waals surface area contributed by atoms with Crippen molar-refractivity contribution >= 4 is 16.9 Å². The number of aromatic nitrogens is 1. The molecule has 5 heteroatoms. The number of hydrogen-bond donors (Lipinski definition) is 3. The number of benzene rings is 2. The quantitative estimate of drug-likeness (QED) is 0.445. The van der Waals surface area contributed by atoms with Gasteiger partial charge in [0.05, 0.1) is 7.11 Å². The normalized spacial score (nSPS) is 11.6. The highest BCUT2D eigenvalue weighted by atomic mass is 16.5. The zero-order valence-corrected chi connectivity index (χ0v) is 16.3. The van der Waals surface area contributed by atoms with E-state index < -0.39 is 0 Å². The van der Waals surface area contributed by atoms with Crippen molar-refractivity contribution in [3.8, 4) is 5.75 Å². The highest BCUT2D eigenvalue weighted by molar-refractivity contribution is 5.86. The number of aliphatic imine (C=N–C) groups is 1. The highest BCUT2D eigenvalue weighted by Crippen LogP contribution is 2.21. The van der Waals surface area contributed by atoms with Crippen LogP contribution in [0.1, 0.15) is 16.7 Å². The summed E-state index contributed by atoms with van der Waals surface area (Å²) in [5.74, 6) is 1.72. The molecule has 3 aromatic rings. The predicted octanol–water partition coefficient (Wildman–Crippen LogP) is 3.44. The molecular weight excluding hydrogens is 336 g/mol. The minimum absolute atomic E-state index is 0.832. The molecule has 0 aliphatic heterocycles. The van der Waals surface area contributed by atoms with Crippen molar-refractivity contribution in [1.29, 1.82) is 0 Å². The first-order valence-corrected chi connectivity index (χ1v) is 9.34. The van der Waals surface area contributed by atoms with Crippen molar-refractivity contribution < 1.29 is 4.74 Å². The van der Waals surface area contributed by atoms with Crippen LogP contribution < -0.4 is 15.4 Å². The van der Waals surface area contributed by atoms with Crippen LogP contribution in [0, 0.1) is 6.92 Å². The molecule has 0 bridgehead atoms. The van der Waals surface area contributed by atoms with Crippen LogP contribution in [0.15, 0.2) is 53.7 Å². The zero-order chi connectivity index (χ0) is 19.1. The lowest BCUT2D eigenvalue weighted by atomic mass is 10.1. The molecule has 0 aliphatic carbocycles. The third-order valence-electron chi connectivity index (χ3n) is 4.79. The maximum absolute atomic E-state index is 5.19. The van der Waals surface area contributed by atoms with Gasteiger partial charge in [-0.05, 0) is 48.6 Å². The number of hydrogen-bond acceptors (Lipinski definition) is 2. The first-order chi connectivity index (χ1) is 13.2. The van der Waals surface area contributed by atoms with Gasteiger partial charge >= 0.3 is 0 Å². The molecule has 3 N–H and O–H groups in total. The Labute approximate surface area is 160 Å². The summed E-state index contributed by atoms with van der Waals surface area (Å²) < 4.78 is 5.19. The second-order valence-corrected chi connectivity index (χ2v) is 6.59. The van der Waals surface area contributed by atoms with Crippen LogP contribution >= 0.6 is 0 Å². The van der Waals surface area contributed by atoms with E-state index in [1.54, 1.807) is 14.2 Å². The molecule has 0 amide bonds. The molecule has 142 valence electrons. The fraction of sp³-hybridized carbons (Fsp3) is 0.318. The summed E-state index contributed by atoms with van der Waals surface area (Å²) in [4.78, 5) is 7.70. The molecule has 2 aromatic carbocycles. The number of H-pyrrole nitrogens is 1. The van der Waals surface area contributed by atoms with E-state index in [1.807, 2.05) is 12.1 Å². The molecule has 1 aromatic heterocycles. The maximum Gasteiger partial charge on any atom is 0.190 e. The molecule has 0 atom stereocenters. The Hall–Kier alpha value is -2.95. The Balaban J connectivity index is 1.45. The third kappa shape index (κ3) is 4.82. The number of nitrogens with zero attached hydrogens (tertiary/aromatic N) is 1. The molecule has 0 fully saturated rings. The molecular formula is C22H28N4O. The van der Waals surface area contributed by atoms with Crippen LogP contribution in [-0.4, -0.2) is 38.2 Å². The van der Waals surface area contributed by atoms with Gasteiger partial charge < -0.3 is 20.4 Å². The van der Waals surface area contributed by atoms with Crippen molar-refractivity contribution in [2.24, 2.45) is 4.99 Å². The summed E-state index contributed by atoms with van der Waals surface area (Å²) in [6, 6.07) is 14.6. The number of methoxy groups -OCH3 is 1. The molecule has 0 radical (unpaired) electrons. The van der Waals surface area contributed by atoms with E-state index in [0.717, 1.165) is 37.6 Å². The second kappa shape index (κ2) is 9.12. The number of para-hydroxylation sites is 1. The standard InChI is InChI=1S/C22H28N4O/c1-16-5-4-6-20-18(15-26-21(16)20)12-14-25-22(23-2)24-13-11-17-7-9-19(27-3)10-8-17/h4-10,15,26H,11-14H2,1-3H3,(H2,23,24,25). The van der Waals surface area contributed by atoms with Crippen molar-refractivity contribution in [1.82, 2.24) is 15.6 Å². The monoisotopic (exact) mass is 364 g/mol. The van der Waals surface area contributed by atoms with Crippen molar-refractivity contribution in [2.45, 2.75) is 19.8 Å². The lowest BCUT2D eigenvalue weighted by Crippen LogP contribution is -2.39. The van der Waals surface area contributed by atoms with Gasteiger partial charge in [-0.2, -0.15) is 0 Å². The van der Waals surface area contributed by atoms with E-state index in [9.17, 15) is 0 Å². The van der Waals surface area contributed by atoms with Crippen LogP contribution in [0.2, 0.25) is 0 Å². The van der Waals surface area contributed by atoms with Gasteiger partial charge in [0.2, 0.25) is 0 Å². The topological polar surface area (TPSA) is 61.4 Å². The fourth-order valence-corrected chi connectivity index (χ4v) is 3.22. The Morgan fingerprint density at radius 3 is 2.48 bits per heavy atom. The molecule has 0 aliphatic rings. The minimum Gasteiger partial charge on any atom is -0.497 e. The summed E-state index contributed by atoms with van der Waals surface area (Å²) in [6.07, 6.45) is 3.99. The Kier molecular flexibility index (Phi) is 6.36. The maximum atomic E-state index is 5.19. The van der Waals surface area contributed by atoms with Crippen LogP contribution in [-0.2, 0) is 12.8 Å². The molecule has 0 saturated carbocycles. The number of fused-ring (bicyclic) bond motifs is 1. The molecule has 0 unspecified atom stereocenters. The minimum atomic E-state index is 0.832. The van der Waals surface area contributed by atoms with Crippen LogP contribution in [0.25, 0.3) is 10.9 Å². The van der Waals surface area contributed by atoms with Gasteiger partial charge in [0.1, 0.15) is 5.75 Å². The van der Waals surface area contributed by atoms with E-state index in [4.69, 9.17) is 4.74 Å². The summed E-state index contributed by atoms with van der Waals surface area (Å²) in [7, 11) is 3.49. The van der Waals surface area contributed by atoms with Crippen molar-refractivity contribution in [3.63, 3.8) is 0 Å². The lowest BCUT2D eigenvalue weighted by Gasteiger charge is -2.12. The van der Waals surface area contributed by atoms with Crippen LogP contribution in [0.5, 0.6) is 5.75 Å². The molecule has 0 saturated heterocycles. The SMILES string of the molecule is CN=C(NCCc1ccc(OC)cc1)NCCc1c[nH]c2c(C)cccc12. The van der Waals surface area contributed by atoms with Gasteiger partial charge in [0.15, 0.2) is 5.96 Å². The fourth-order valence-electron chi connectivity index (χ4n) is 3.22. The van der Waals surface area contributed by atoms with Gasteiger partial charge in [0, 0.05) is 37.2 Å². The zero-order valence-electron chi connectivity index (χ0n) is 16.3. The number of aromatic amines is 1. The molecule has 5 nitrogen and oxygen atoms in total. The van der Waals surface area contributed by atoms with Gasteiger partial charge in [0.25, 0.3) is 0 Å². The largest absolute Gasteiger partial charge is 0.497 e. The molecule has 0 spiro atoms. The van der Waals surface area contributed by atoms with E-state index in [0.29, 0.717) is 0 Å². The summed E-state index contributed by atoms with van der Waals surface area (Å²) in [5.41, 5.74) is 5.11. The molecule has 27 heavy (non-hydrogen) atoms.